The summed E-state index contributed by atoms with van der Waals surface area (Å²) >= 11 is 0. The summed E-state index contributed by atoms with van der Waals surface area (Å²) in [6.07, 6.45) is 1.38. The van der Waals surface area contributed by atoms with Gasteiger partial charge in [-0.2, -0.15) is 0 Å². The first-order chi connectivity index (χ1) is 7.90. The quantitative estimate of drug-likeness (QED) is 0.752. The fraction of sp³-hybridized carbons (Fsp3) is 0.571. The molecule has 0 amide bonds. The molecule has 2 heterocycles. The second-order valence-corrected chi connectivity index (χ2v) is 5.18. The first kappa shape index (κ1) is 10.3. The Balaban J connectivity index is 1.63. The Morgan fingerprint density at radius 3 is 2.44 bits per heavy atom. The predicted octanol–water partition coefficient (Wildman–Crippen LogP) is 2.15. The Bertz CT molecular complexity index is 326. The molecule has 2 aliphatic rings. The molecule has 0 aromatic heterocycles. The van der Waals surface area contributed by atoms with Crippen LogP contribution in [0.2, 0.25) is 0 Å². The zero-order valence-electron chi connectivity index (χ0n) is 9.64. The van der Waals surface area contributed by atoms with E-state index in [4.69, 9.17) is 4.74 Å². The molecule has 0 spiro atoms. The van der Waals surface area contributed by atoms with Crippen molar-refractivity contribution in [3.05, 3.63) is 35.9 Å². The van der Waals surface area contributed by atoms with Gasteiger partial charge < -0.3 is 4.74 Å². The minimum Gasteiger partial charge on any atom is -0.381 e. The van der Waals surface area contributed by atoms with Gasteiger partial charge in [0.25, 0.3) is 0 Å². The Morgan fingerprint density at radius 1 is 1.06 bits per heavy atom. The fourth-order valence-electron chi connectivity index (χ4n) is 3.04. The predicted molar refractivity (Wildman–Crippen MR) is 64.1 cm³/mol. The highest BCUT2D eigenvalue weighted by Crippen LogP contribution is 2.27. The van der Waals surface area contributed by atoms with Crippen LogP contribution < -0.4 is 0 Å². The average molecular weight is 217 g/mol. The number of fused-ring (bicyclic) bond motifs is 2. The van der Waals surface area contributed by atoms with Gasteiger partial charge in [0.2, 0.25) is 0 Å². The molecule has 0 aliphatic carbocycles. The third kappa shape index (κ3) is 2.28. The molecular formula is C14H19NO. The lowest BCUT2D eigenvalue weighted by Gasteiger charge is -2.41. The van der Waals surface area contributed by atoms with Gasteiger partial charge in [-0.3, -0.25) is 4.90 Å². The third-order valence-corrected chi connectivity index (χ3v) is 3.66. The molecular weight excluding hydrogens is 198 g/mol. The van der Waals surface area contributed by atoms with Crippen LogP contribution in [0, 0.1) is 11.8 Å². The minimum atomic E-state index is 0.774. The van der Waals surface area contributed by atoms with E-state index in [0.717, 1.165) is 31.6 Å². The molecule has 2 unspecified atom stereocenters. The molecule has 16 heavy (non-hydrogen) atoms. The number of hydrogen-bond acceptors (Lipinski definition) is 2. The van der Waals surface area contributed by atoms with E-state index in [1.807, 2.05) is 0 Å². The molecule has 2 bridgehead atoms. The summed E-state index contributed by atoms with van der Waals surface area (Å²) in [5, 5.41) is 0. The Hall–Kier alpha value is -0.860. The van der Waals surface area contributed by atoms with Crippen molar-refractivity contribution < 1.29 is 4.74 Å². The Labute approximate surface area is 97.2 Å². The number of likely N-dealkylation sites (tertiary alicyclic amines) is 1. The zero-order valence-corrected chi connectivity index (χ0v) is 9.64. The smallest absolute Gasteiger partial charge is 0.0506 e. The Morgan fingerprint density at radius 2 is 1.75 bits per heavy atom. The van der Waals surface area contributed by atoms with Crippen molar-refractivity contribution in [2.45, 2.75) is 13.0 Å². The standard InChI is InChI=1S/C14H19NO/c1-2-4-12(5-3-1)7-15-8-13-6-14(9-15)11-16-10-13/h1-5,13-14H,6-11H2. The van der Waals surface area contributed by atoms with Crippen LogP contribution in [0.25, 0.3) is 0 Å². The molecule has 2 aliphatic heterocycles. The van der Waals surface area contributed by atoms with E-state index >= 15 is 0 Å². The maximum absolute atomic E-state index is 5.61. The number of benzene rings is 1. The summed E-state index contributed by atoms with van der Waals surface area (Å²) < 4.78 is 5.61. The number of rotatable bonds is 2. The molecule has 2 atom stereocenters. The molecule has 2 nitrogen and oxygen atoms in total. The second-order valence-electron chi connectivity index (χ2n) is 5.18. The van der Waals surface area contributed by atoms with Crippen LogP contribution in [-0.4, -0.2) is 31.2 Å². The van der Waals surface area contributed by atoms with Gasteiger partial charge in [-0.1, -0.05) is 30.3 Å². The highest BCUT2D eigenvalue weighted by Gasteiger charge is 2.30. The van der Waals surface area contributed by atoms with Gasteiger partial charge in [0.05, 0.1) is 13.2 Å². The minimum absolute atomic E-state index is 0.774. The molecule has 1 aromatic rings. The molecule has 0 N–H and O–H groups in total. The highest BCUT2D eigenvalue weighted by atomic mass is 16.5. The van der Waals surface area contributed by atoms with Crippen molar-refractivity contribution in [2.75, 3.05) is 26.3 Å². The van der Waals surface area contributed by atoms with Gasteiger partial charge in [-0.05, 0) is 23.8 Å². The normalized spacial score (nSPS) is 30.2. The van der Waals surface area contributed by atoms with Crippen molar-refractivity contribution in [1.82, 2.24) is 4.90 Å². The molecule has 86 valence electrons. The van der Waals surface area contributed by atoms with Crippen molar-refractivity contribution >= 4 is 0 Å². The van der Waals surface area contributed by atoms with Crippen LogP contribution in [-0.2, 0) is 11.3 Å². The molecule has 1 aromatic carbocycles. The summed E-state index contributed by atoms with van der Waals surface area (Å²) in [5.74, 6) is 1.55. The Kier molecular flexibility index (Phi) is 2.94. The molecule has 0 saturated carbocycles. The first-order valence-electron chi connectivity index (χ1n) is 6.24. The topological polar surface area (TPSA) is 12.5 Å². The van der Waals surface area contributed by atoms with Gasteiger partial charge in [-0.15, -0.1) is 0 Å². The number of piperidine rings is 1. The number of hydrogen-bond donors (Lipinski definition) is 0. The SMILES string of the molecule is c1ccc(CN2CC3COCC(C3)C2)cc1. The fourth-order valence-corrected chi connectivity index (χ4v) is 3.04. The van der Waals surface area contributed by atoms with E-state index in [2.05, 4.69) is 35.2 Å². The van der Waals surface area contributed by atoms with Crippen LogP contribution >= 0.6 is 0 Å². The highest BCUT2D eigenvalue weighted by molar-refractivity contribution is 5.14. The maximum atomic E-state index is 5.61. The number of ether oxygens (including phenoxy) is 1. The van der Waals surface area contributed by atoms with E-state index in [1.54, 1.807) is 0 Å². The van der Waals surface area contributed by atoms with E-state index in [-0.39, 0.29) is 0 Å². The van der Waals surface area contributed by atoms with Crippen LogP contribution in [0.1, 0.15) is 12.0 Å². The van der Waals surface area contributed by atoms with Gasteiger partial charge in [-0.25, -0.2) is 0 Å². The molecule has 0 radical (unpaired) electrons. The van der Waals surface area contributed by atoms with E-state index < -0.39 is 0 Å². The third-order valence-electron chi connectivity index (χ3n) is 3.66. The summed E-state index contributed by atoms with van der Waals surface area (Å²) in [4.78, 5) is 2.59. The lowest BCUT2D eigenvalue weighted by Crippen LogP contribution is -2.46. The van der Waals surface area contributed by atoms with E-state index in [9.17, 15) is 0 Å². The second kappa shape index (κ2) is 4.56. The first-order valence-corrected chi connectivity index (χ1v) is 6.24. The van der Waals surface area contributed by atoms with Crippen molar-refractivity contribution in [3.8, 4) is 0 Å². The van der Waals surface area contributed by atoms with E-state index in [1.165, 1.54) is 25.1 Å². The van der Waals surface area contributed by atoms with Crippen LogP contribution in [0.5, 0.6) is 0 Å². The van der Waals surface area contributed by atoms with E-state index in [0.29, 0.717) is 0 Å². The summed E-state index contributed by atoms with van der Waals surface area (Å²) in [5.41, 5.74) is 1.43. The molecule has 3 rings (SSSR count). The monoisotopic (exact) mass is 217 g/mol. The largest absolute Gasteiger partial charge is 0.381 e. The summed E-state index contributed by atoms with van der Waals surface area (Å²) in [7, 11) is 0. The zero-order chi connectivity index (χ0) is 10.8. The maximum Gasteiger partial charge on any atom is 0.0506 e. The van der Waals surface area contributed by atoms with Gasteiger partial charge in [0, 0.05) is 19.6 Å². The van der Waals surface area contributed by atoms with Crippen molar-refractivity contribution in [2.24, 2.45) is 11.8 Å². The van der Waals surface area contributed by atoms with Gasteiger partial charge in [0.15, 0.2) is 0 Å². The van der Waals surface area contributed by atoms with Crippen molar-refractivity contribution in [3.63, 3.8) is 0 Å². The summed E-state index contributed by atoms with van der Waals surface area (Å²) in [6.45, 7) is 5.48. The average Bonchev–Trinajstić information content (AvgIpc) is 2.30. The summed E-state index contributed by atoms with van der Waals surface area (Å²) in [6, 6.07) is 10.8. The molecule has 2 fully saturated rings. The number of nitrogens with zero attached hydrogens (tertiary/aromatic N) is 1. The van der Waals surface area contributed by atoms with Gasteiger partial charge >= 0.3 is 0 Å². The van der Waals surface area contributed by atoms with Gasteiger partial charge in [0.1, 0.15) is 0 Å². The van der Waals surface area contributed by atoms with Crippen LogP contribution in [0.3, 0.4) is 0 Å². The van der Waals surface area contributed by atoms with Crippen LogP contribution in [0.4, 0.5) is 0 Å². The lowest BCUT2D eigenvalue weighted by molar-refractivity contribution is -0.0425. The lowest BCUT2D eigenvalue weighted by atomic mass is 9.88. The van der Waals surface area contributed by atoms with Crippen molar-refractivity contribution in [1.29, 1.82) is 0 Å². The molecule has 2 heteroatoms. The van der Waals surface area contributed by atoms with Crippen LogP contribution in [0.15, 0.2) is 30.3 Å². The molecule has 2 saturated heterocycles.